The van der Waals surface area contributed by atoms with E-state index in [-0.39, 0.29) is 21.4 Å². The Morgan fingerprint density at radius 3 is 2.37 bits per heavy atom. The molecule has 2 rings (SSSR count). The van der Waals surface area contributed by atoms with E-state index >= 15 is 0 Å². The van der Waals surface area contributed by atoms with E-state index in [9.17, 15) is 9.59 Å². The van der Waals surface area contributed by atoms with Gasteiger partial charge in [0, 0.05) is 0 Å². The van der Waals surface area contributed by atoms with Crippen molar-refractivity contribution in [3.8, 4) is 0 Å². The van der Waals surface area contributed by atoms with E-state index in [1.165, 1.54) is 13.5 Å². The predicted molar refractivity (Wildman–Crippen MR) is 110 cm³/mol. The molecule has 1 aliphatic rings. The van der Waals surface area contributed by atoms with Crippen LogP contribution < -0.4 is 0 Å². The molecule has 0 aromatic heterocycles. The van der Waals surface area contributed by atoms with E-state index in [2.05, 4.69) is 32.7 Å². The molecule has 3 radical (unpaired) electrons. The summed E-state index contributed by atoms with van der Waals surface area (Å²) in [4.78, 5) is 29.2. The Hall–Kier alpha value is -0.958. The summed E-state index contributed by atoms with van der Waals surface area (Å²) < 4.78 is 4.82. The number of rotatable bonds is 6. The molecule has 3 atom stereocenters. The Morgan fingerprint density at radius 2 is 1.85 bits per heavy atom. The van der Waals surface area contributed by atoms with Gasteiger partial charge in [-0.1, -0.05) is 20.3 Å². The fourth-order valence-electron chi connectivity index (χ4n) is 3.23. The molecule has 3 unspecified atom stereocenters. The van der Waals surface area contributed by atoms with Gasteiger partial charge in [-0.25, -0.2) is 0 Å². The van der Waals surface area contributed by atoms with E-state index in [0.29, 0.717) is 13.0 Å². The van der Waals surface area contributed by atoms with Gasteiger partial charge in [-0.15, -0.1) is 0 Å². The molecule has 0 aliphatic carbocycles. The van der Waals surface area contributed by atoms with Crippen LogP contribution in [0.4, 0.5) is 0 Å². The minimum absolute atomic E-state index is 0.0515. The normalized spacial score (nSPS) is 20.0. The van der Waals surface area contributed by atoms with E-state index in [1.807, 2.05) is 30.3 Å². The van der Waals surface area contributed by atoms with Gasteiger partial charge in [0.1, 0.15) is 0 Å². The van der Waals surface area contributed by atoms with Crippen molar-refractivity contribution in [2.75, 3.05) is 27.2 Å². The quantitative estimate of drug-likeness (QED) is 0.391. The number of hydrogen-bond acceptors (Lipinski definition) is 4. The summed E-state index contributed by atoms with van der Waals surface area (Å²) in [6.07, 6.45) is 2.95. The molecule has 149 valence electrons. The van der Waals surface area contributed by atoms with E-state index in [0.717, 1.165) is 44.3 Å². The Labute approximate surface area is 180 Å². The van der Waals surface area contributed by atoms with Crippen LogP contribution in [0.3, 0.4) is 0 Å². The molecule has 0 bridgehead atoms. The Balaban J connectivity index is 0.00000114. The van der Waals surface area contributed by atoms with Gasteiger partial charge in [-0.3, -0.25) is 0 Å². The average Bonchev–Trinajstić information content (AvgIpc) is 3.13. The minimum atomic E-state index is -0.466. The van der Waals surface area contributed by atoms with E-state index in [1.54, 1.807) is 4.90 Å². The van der Waals surface area contributed by atoms with Crippen LogP contribution in [0.15, 0.2) is 30.3 Å². The van der Waals surface area contributed by atoms with Crippen LogP contribution in [0.2, 0.25) is 0 Å². The Morgan fingerprint density at radius 1 is 1.26 bits per heavy atom. The van der Waals surface area contributed by atoms with Gasteiger partial charge in [0.05, 0.1) is 0 Å². The fraction of sp³-hybridized carbons (Fsp3) is 0.619. The number of hydrogen-bond donors (Lipinski definition) is 0. The van der Waals surface area contributed by atoms with Crippen molar-refractivity contribution in [3.05, 3.63) is 35.9 Å². The maximum atomic E-state index is 13.0. The first kappa shape index (κ1) is 24.1. The third kappa shape index (κ3) is 6.85. The zero-order valence-corrected chi connectivity index (χ0v) is 21.2. The standard InChI is InChI=1S/C18H25N2O3.C3H8.Pb/c1-4-10-19(2)15-12-16(18(22)23-3)20(13-15)17(21)11-14-8-6-5-7-9-14;1-3-2;/h5-9,11,15-16H,4,10,12-13H2,1-3H3;3H2,1-2H3;. The van der Waals surface area contributed by atoms with Gasteiger partial charge in [-0.05, 0) is 0 Å². The number of ether oxygens (including phenoxy) is 1. The SMILES string of the molecule is CCC.CCCN(C)C1CC(C(=O)OC)N(C(=O)[CH]([Pb])c2ccccc2)C1. The van der Waals surface area contributed by atoms with Gasteiger partial charge < -0.3 is 0 Å². The molecule has 27 heavy (non-hydrogen) atoms. The van der Waals surface area contributed by atoms with Gasteiger partial charge in [0.2, 0.25) is 0 Å². The maximum absolute atomic E-state index is 13.0. The number of methoxy groups -OCH3 is 1. The summed E-state index contributed by atoms with van der Waals surface area (Å²) in [5.41, 5.74) is 1.03. The van der Waals surface area contributed by atoms with Crippen LogP contribution in [0.1, 0.15) is 49.1 Å². The first-order chi connectivity index (χ1) is 12.9. The van der Waals surface area contributed by atoms with Gasteiger partial charge in [-0.2, -0.15) is 0 Å². The summed E-state index contributed by atoms with van der Waals surface area (Å²) in [5, 5.41) is 0. The monoisotopic (exact) mass is 569 g/mol. The fourth-order valence-corrected chi connectivity index (χ4v) is 4.62. The van der Waals surface area contributed by atoms with E-state index in [4.69, 9.17) is 4.74 Å². The number of benzene rings is 1. The number of nitrogens with zero attached hydrogens (tertiary/aromatic N) is 2. The summed E-state index contributed by atoms with van der Waals surface area (Å²) in [6.45, 7) is 7.94. The number of carbonyl (C=O) groups is 2. The van der Waals surface area contributed by atoms with Crippen molar-refractivity contribution in [2.24, 2.45) is 0 Å². The molecule has 6 heteroatoms. The number of likely N-dealkylation sites (N-methyl/N-ethyl adjacent to an activating group) is 1. The Kier molecular flexibility index (Phi) is 11.1. The summed E-state index contributed by atoms with van der Waals surface area (Å²) >= 11 is 0.718. The topological polar surface area (TPSA) is 49.9 Å². The van der Waals surface area contributed by atoms with Crippen molar-refractivity contribution in [3.63, 3.8) is 0 Å². The first-order valence-electron chi connectivity index (χ1n) is 9.75. The molecule has 0 N–H and O–H groups in total. The summed E-state index contributed by atoms with van der Waals surface area (Å²) in [5.74, 6) is -0.256. The predicted octanol–water partition coefficient (Wildman–Crippen LogP) is 2.80. The third-order valence-corrected chi connectivity index (χ3v) is 6.87. The molecular weight excluding hydrogens is 535 g/mol. The van der Waals surface area contributed by atoms with Gasteiger partial charge in [0.15, 0.2) is 0 Å². The molecule has 1 heterocycles. The van der Waals surface area contributed by atoms with E-state index < -0.39 is 6.04 Å². The van der Waals surface area contributed by atoms with Crippen molar-refractivity contribution < 1.29 is 14.3 Å². The summed E-state index contributed by atoms with van der Waals surface area (Å²) in [7, 11) is 3.45. The van der Waals surface area contributed by atoms with Crippen molar-refractivity contribution in [1.82, 2.24) is 9.80 Å². The molecule has 0 spiro atoms. The molecular formula is C21H33N2O3Pb. The molecule has 1 amide bonds. The molecule has 5 nitrogen and oxygen atoms in total. The average molecular weight is 569 g/mol. The Bertz CT molecular complexity index is 582. The molecule has 0 saturated carbocycles. The zero-order valence-electron chi connectivity index (χ0n) is 17.3. The molecule has 1 saturated heterocycles. The summed E-state index contributed by atoms with van der Waals surface area (Å²) in [6, 6.07) is 9.57. The number of likely N-dealkylation sites (tertiary alicyclic amines) is 1. The molecule has 1 fully saturated rings. The van der Waals surface area contributed by atoms with Gasteiger partial charge in [0.25, 0.3) is 0 Å². The zero-order chi connectivity index (χ0) is 20.4. The number of esters is 1. The van der Waals surface area contributed by atoms with Crippen molar-refractivity contribution in [1.29, 1.82) is 0 Å². The van der Waals surface area contributed by atoms with Crippen LogP contribution in [-0.4, -0.2) is 86.8 Å². The molecule has 1 aromatic rings. The molecule has 1 aromatic carbocycles. The second-order valence-corrected chi connectivity index (χ2v) is 9.19. The first-order valence-corrected chi connectivity index (χ1v) is 12.0. The van der Waals surface area contributed by atoms with Crippen LogP contribution in [0.25, 0.3) is 0 Å². The number of amides is 1. The third-order valence-electron chi connectivity index (χ3n) is 4.61. The second kappa shape index (κ2) is 12.5. The van der Waals surface area contributed by atoms with Gasteiger partial charge >= 0.3 is 160 Å². The van der Waals surface area contributed by atoms with Crippen LogP contribution in [0.5, 0.6) is 0 Å². The van der Waals surface area contributed by atoms with Crippen molar-refractivity contribution >= 4 is 37.6 Å². The number of carbonyl (C=O) groups excluding carboxylic acids is 2. The van der Waals surface area contributed by atoms with Crippen LogP contribution in [0, 0.1) is 0 Å². The van der Waals surface area contributed by atoms with Crippen LogP contribution >= 0.6 is 0 Å². The second-order valence-electron chi connectivity index (χ2n) is 6.95. The molecule has 1 aliphatic heterocycles. The van der Waals surface area contributed by atoms with Crippen molar-refractivity contribution in [2.45, 2.75) is 55.6 Å². The van der Waals surface area contributed by atoms with Crippen LogP contribution in [-0.2, 0) is 14.3 Å².